The van der Waals surface area contributed by atoms with Crippen LogP contribution in [0.2, 0.25) is 0 Å². The van der Waals surface area contributed by atoms with Crippen molar-refractivity contribution in [3.05, 3.63) is 0 Å². The Morgan fingerprint density at radius 1 is 1.57 bits per heavy atom. The van der Waals surface area contributed by atoms with E-state index >= 15 is 0 Å². The maximum Gasteiger partial charge on any atom is 0.306 e. The highest BCUT2D eigenvalue weighted by Gasteiger charge is 2.38. The molecule has 1 fully saturated rings. The number of hydrogen-bond acceptors (Lipinski definition) is 2. The van der Waals surface area contributed by atoms with Crippen LogP contribution >= 0.6 is 0 Å². The molecular formula is C11H20O3. The fourth-order valence-corrected chi connectivity index (χ4v) is 2.45. The van der Waals surface area contributed by atoms with Crippen LogP contribution in [0.3, 0.4) is 0 Å². The average molecular weight is 200 g/mol. The standard InChI is InChI=1S/C11H20O3/c1-11(2)5-4-9(10(12)13)8(6-11)7-14-3/h8-9H,4-7H2,1-3H3,(H,12,13). The van der Waals surface area contributed by atoms with Crippen LogP contribution in [0.4, 0.5) is 0 Å². The summed E-state index contributed by atoms with van der Waals surface area (Å²) in [5, 5.41) is 9.05. The number of ether oxygens (including phenoxy) is 1. The number of hydrogen-bond donors (Lipinski definition) is 1. The van der Waals surface area contributed by atoms with E-state index in [1.54, 1.807) is 7.11 Å². The van der Waals surface area contributed by atoms with E-state index in [2.05, 4.69) is 13.8 Å². The molecule has 2 atom stereocenters. The second-order valence-corrected chi connectivity index (χ2v) is 5.07. The summed E-state index contributed by atoms with van der Waals surface area (Å²) in [5.41, 5.74) is 0.273. The number of rotatable bonds is 3. The van der Waals surface area contributed by atoms with E-state index in [4.69, 9.17) is 9.84 Å². The van der Waals surface area contributed by atoms with Gasteiger partial charge in [-0.1, -0.05) is 13.8 Å². The molecule has 1 saturated carbocycles. The third kappa shape index (κ3) is 2.71. The summed E-state index contributed by atoms with van der Waals surface area (Å²) in [4.78, 5) is 11.0. The smallest absolute Gasteiger partial charge is 0.306 e. The highest BCUT2D eigenvalue weighted by Crippen LogP contribution is 2.41. The van der Waals surface area contributed by atoms with Crippen molar-refractivity contribution in [2.45, 2.75) is 33.1 Å². The van der Waals surface area contributed by atoms with Crippen LogP contribution in [-0.4, -0.2) is 24.8 Å². The van der Waals surface area contributed by atoms with Crippen molar-refractivity contribution in [3.63, 3.8) is 0 Å². The quantitative estimate of drug-likeness (QED) is 0.759. The molecule has 0 aromatic carbocycles. The molecule has 82 valence electrons. The Kier molecular flexibility index (Phi) is 3.53. The average Bonchev–Trinajstić information content (AvgIpc) is 2.02. The lowest BCUT2D eigenvalue weighted by molar-refractivity contribution is -0.147. The second kappa shape index (κ2) is 4.30. The molecule has 1 aliphatic rings. The maximum absolute atomic E-state index is 11.0. The van der Waals surface area contributed by atoms with E-state index < -0.39 is 5.97 Å². The third-order valence-corrected chi connectivity index (χ3v) is 3.21. The molecule has 0 saturated heterocycles. The molecule has 1 N–H and O–H groups in total. The van der Waals surface area contributed by atoms with Gasteiger partial charge in [-0.2, -0.15) is 0 Å². The van der Waals surface area contributed by atoms with Gasteiger partial charge < -0.3 is 9.84 Å². The number of carboxylic acid groups (broad SMARTS) is 1. The molecule has 14 heavy (non-hydrogen) atoms. The summed E-state index contributed by atoms with van der Waals surface area (Å²) < 4.78 is 5.09. The molecule has 3 nitrogen and oxygen atoms in total. The molecule has 1 rings (SSSR count). The van der Waals surface area contributed by atoms with Crippen LogP contribution < -0.4 is 0 Å². The molecule has 1 aliphatic carbocycles. The van der Waals surface area contributed by atoms with Gasteiger partial charge in [0.15, 0.2) is 0 Å². The summed E-state index contributed by atoms with van der Waals surface area (Å²) in [6.07, 6.45) is 2.75. The maximum atomic E-state index is 11.0. The van der Waals surface area contributed by atoms with Gasteiger partial charge in [0.1, 0.15) is 0 Å². The van der Waals surface area contributed by atoms with Crippen molar-refractivity contribution in [3.8, 4) is 0 Å². The zero-order valence-electron chi connectivity index (χ0n) is 9.25. The van der Waals surface area contributed by atoms with E-state index in [0.29, 0.717) is 6.61 Å². The molecule has 0 radical (unpaired) electrons. The molecule has 2 unspecified atom stereocenters. The van der Waals surface area contributed by atoms with Crippen LogP contribution in [0, 0.1) is 17.3 Å². The minimum atomic E-state index is -0.664. The summed E-state index contributed by atoms with van der Waals surface area (Å²) in [6.45, 7) is 4.97. The largest absolute Gasteiger partial charge is 0.481 e. The number of aliphatic carboxylic acids is 1. The first-order chi connectivity index (χ1) is 6.46. The zero-order valence-corrected chi connectivity index (χ0v) is 9.25. The van der Waals surface area contributed by atoms with Gasteiger partial charge in [0.25, 0.3) is 0 Å². The van der Waals surface area contributed by atoms with Crippen LogP contribution in [0.25, 0.3) is 0 Å². The monoisotopic (exact) mass is 200 g/mol. The van der Waals surface area contributed by atoms with E-state index in [-0.39, 0.29) is 17.3 Å². The van der Waals surface area contributed by atoms with Gasteiger partial charge in [-0.05, 0) is 30.6 Å². The number of carbonyl (C=O) groups is 1. The lowest BCUT2D eigenvalue weighted by Crippen LogP contribution is -2.36. The lowest BCUT2D eigenvalue weighted by Gasteiger charge is -2.38. The Bertz CT molecular complexity index is 211. The predicted octanol–water partition coefficient (Wildman–Crippen LogP) is 2.16. The molecule has 3 heteroatoms. The normalized spacial score (nSPS) is 31.4. The number of carboxylic acids is 1. The highest BCUT2D eigenvalue weighted by atomic mass is 16.5. The molecule has 0 amide bonds. The van der Waals surface area contributed by atoms with Crippen LogP contribution in [0.15, 0.2) is 0 Å². The van der Waals surface area contributed by atoms with Gasteiger partial charge in [-0.15, -0.1) is 0 Å². The van der Waals surface area contributed by atoms with E-state index in [1.807, 2.05) is 0 Å². The van der Waals surface area contributed by atoms with Crippen LogP contribution in [0.5, 0.6) is 0 Å². The first-order valence-electron chi connectivity index (χ1n) is 5.18. The van der Waals surface area contributed by atoms with Crippen molar-refractivity contribution < 1.29 is 14.6 Å². The van der Waals surface area contributed by atoms with Crippen LogP contribution in [-0.2, 0) is 9.53 Å². The molecule has 0 aromatic heterocycles. The number of methoxy groups -OCH3 is 1. The Labute approximate surface area is 85.5 Å². The van der Waals surface area contributed by atoms with Crippen molar-refractivity contribution in [1.29, 1.82) is 0 Å². The molecule has 0 heterocycles. The fourth-order valence-electron chi connectivity index (χ4n) is 2.45. The van der Waals surface area contributed by atoms with E-state index in [9.17, 15) is 4.79 Å². The van der Waals surface area contributed by atoms with Gasteiger partial charge in [-0.25, -0.2) is 0 Å². The fraction of sp³-hybridized carbons (Fsp3) is 0.909. The Balaban J connectivity index is 2.65. The zero-order chi connectivity index (χ0) is 10.8. The van der Waals surface area contributed by atoms with Crippen LogP contribution in [0.1, 0.15) is 33.1 Å². The van der Waals surface area contributed by atoms with Crippen molar-refractivity contribution in [1.82, 2.24) is 0 Å². The lowest BCUT2D eigenvalue weighted by atomic mass is 9.67. The first kappa shape index (κ1) is 11.5. The molecular weight excluding hydrogens is 180 g/mol. The Morgan fingerprint density at radius 3 is 2.71 bits per heavy atom. The summed E-state index contributed by atoms with van der Waals surface area (Å²) in [7, 11) is 1.64. The van der Waals surface area contributed by atoms with Crippen molar-refractivity contribution in [2.24, 2.45) is 17.3 Å². The van der Waals surface area contributed by atoms with E-state index in [0.717, 1.165) is 19.3 Å². The Morgan fingerprint density at radius 2 is 2.21 bits per heavy atom. The third-order valence-electron chi connectivity index (χ3n) is 3.21. The predicted molar refractivity (Wildman–Crippen MR) is 54.1 cm³/mol. The van der Waals surface area contributed by atoms with Crippen molar-refractivity contribution >= 4 is 5.97 Å². The summed E-state index contributed by atoms with van der Waals surface area (Å²) in [6, 6.07) is 0. The van der Waals surface area contributed by atoms with Gasteiger partial charge in [0.05, 0.1) is 5.92 Å². The van der Waals surface area contributed by atoms with Gasteiger partial charge in [-0.3, -0.25) is 4.79 Å². The minimum Gasteiger partial charge on any atom is -0.481 e. The van der Waals surface area contributed by atoms with Gasteiger partial charge in [0, 0.05) is 13.7 Å². The topological polar surface area (TPSA) is 46.5 Å². The van der Waals surface area contributed by atoms with E-state index in [1.165, 1.54) is 0 Å². The summed E-state index contributed by atoms with van der Waals surface area (Å²) in [5.74, 6) is -0.688. The SMILES string of the molecule is COCC1CC(C)(C)CCC1C(=O)O. The first-order valence-corrected chi connectivity index (χ1v) is 5.18. The molecule has 0 bridgehead atoms. The molecule has 0 spiro atoms. The Hall–Kier alpha value is -0.570. The summed E-state index contributed by atoms with van der Waals surface area (Å²) >= 11 is 0. The highest BCUT2D eigenvalue weighted by molar-refractivity contribution is 5.70. The van der Waals surface area contributed by atoms with Crippen molar-refractivity contribution in [2.75, 3.05) is 13.7 Å². The molecule has 0 aliphatic heterocycles. The second-order valence-electron chi connectivity index (χ2n) is 5.07. The minimum absolute atomic E-state index is 0.182. The van der Waals surface area contributed by atoms with Gasteiger partial charge in [0.2, 0.25) is 0 Å². The molecule has 0 aromatic rings. The van der Waals surface area contributed by atoms with Gasteiger partial charge >= 0.3 is 5.97 Å².